The highest BCUT2D eigenvalue weighted by Gasteiger charge is 1.92. The number of unbranched alkanes of at least 4 members (excludes halogenated alkanes) is 1. The summed E-state index contributed by atoms with van der Waals surface area (Å²) in [6.45, 7) is 3.91. The number of rotatable bonds is 3. The summed E-state index contributed by atoms with van der Waals surface area (Å²) in [6.07, 6.45) is 3.06. The first kappa shape index (κ1) is 9.14. The molecule has 0 aliphatic carbocycles. The van der Waals surface area contributed by atoms with Crippen LogP contribution in [0.15, 0.2) is 4.99 Å². The number of primary amides is 1. The van der Waals surface area contributed by atoms with Gasteiger partial charge in [-0.05, 0) is 19.8 Å². The van der Waals surface area contributed by atoms with Crippen LogP contribution in [0.2, 0.25) is 0 Å². The van der Waals surface area contributed by atoms with Gasteiger partial charge in [0.15, 0.2) is 0 Å². The van der Waals surface area contributed by atoms with E-state index in [1.165, 1.54) is 0 Å². The van der Waals surface area contributed by atoms with E-state index in [9.17, 15) is 4.79 Å². The highest BCUT2D eigenvalue weighted by atomic mass is 16.2. The van der Waals surface area contributed by atoms with E-state index < -0.39 is 6.03 Å². The molecule has 0 aromatic carbocycles. The van der Waals surface area contributed by atoms with E-state index in [4.69, 9.17) is 5.73 Å². The largest absolute Gasteiger partial charge is 0.350 e. The van der Waals surface area contributed by atoms with Gasteiger partial charge in [-0.3, -0.25) is 0 Å². The Kier molecular flexibility index (Phi) is 4.54. The predicted molar refractivity (Wildman–Crippen MR) is 42.2 cm³/mol. The van der Waals surface area contributed by atoms with Crippen molar-refractivity contribution >= 4 is 11.7 Å². The SMILES string of the molecule is CCCC/C(C)=N/C(N)=O. The Morgan fingerprint density at radius 1 is 1.60 bits per heavy atom. The lowest BCUT2D eigenvalue weighted by Gasteiger charge is -1.94. The molecule has 58 valence electrons. The topological polar surface area (TPSA) is 55.4 Å². The van der Waals surface area contributed by atoms with E-state index in [-0.39, 0.29) is 0 Å². The number of hydrogen-bond donors (Lipinski definition) is 1. The molecular formula is C7H14N2O. The fourth-order valence-corrected chi connectivity index (χ4v) is 0.677. The maximum atomic E-state index is 10.2. The molecule has 2 amide bonds. The number of nitrogens with two attached hydrogens (primary N) is 1. The van der Waals surface area contributed by atoms with Gasteiger partial charge < -0.3 is 5.73 Å². The average Bonchev–Trinajstić information content (AvgIpc) is 1.82. The molecule has 0 atom stereocenters. The van der Waals surface area contributed by atoms with E-state index in [1.807, 2.05) is 6.92 Å². The number of carbonyl (C=O) groups excluding carboxylic acids is 1. The summed E-state index contributed by atoms with van der Waals surface area (Å²) >= 11 is 0. The first-order chi connectivity index (χ1) is 4.66. The molecule has 0 heterocycles. The summed E-state index contributed by atoms with van der Waals surface area (Å²) in [7, 11) is 0. The van der Waals surface area contributed by atoms with E-state index in [1.54, 1.807) is 0 Å². The molecule has 2 N–H and O–H groups in total. The molecule has 0 rings (SSSR count). The standard InChI is InChI=1S/C7H14N2O/c1-3-4-5-6(2)9-7(8)10/h3-5H2,1-2H3,(H2,8,10)/b9-6+. The quantitative estimate of drug-likeness (QED) is 0.599. The second kappa shape index (κ2) is 4.97. The van der Waals surface area contributed by atoms with E-state index in [0.717, 1.165) is 25.0 Å². The molecule has 3 nitrogen and oxygen atoms in total. The normalized spacial score (nSPS) is 11.6. The average molecular weight is 142 g/mol. The lowest BCUT2D eigenvalue weighted by Crippen LogP contribution is -2.07. The zero-order valence-electron chi connectivity index (χ0n) is 6.55. The number of hydrogen-bond acceptors (Lipinski definition) is 1. The fourth-order valence-electron chi connectivity index (χ4n) is 0.677. The molecule has 0 bridgehead atoms. The van der Waals surface area contributed by atoms with Gasteiger partial charge in [-0.2, -0.15) is 0 Å². The van der Waals surface area contributed by atoms with Crippen LogP contribution in [-0.2, 0) is 0 Å². The van der Waals surface area contributed by atoms with Crippen molar-refractivity contribution in [1.29, 1.82) is 0 Å². The fraction of sp³-hybridized carbons (Fsp3) is 0.714. The van der Waals surface area contributed by atoms with Crippen LogP contribution in [0.3, 0.4) is 0 Å². The smallest absolute Gasteiger partial charge is 0.338 e. The van der Waals surface area contributed by atoms with E-state index in [2.05, 4.69) is 11.9 Å². The van der Waals surface area contributed by atoms with Crippen LogP contribution in [0.5, 0.6) is 0 Å². The van der Waals surface area contributed by atoms with Crippen molar-refractivity contribution < 1.29 is 4.79 Å². The van der Waals surface area contributed by atoms with Gasteiger partial charge >= 0.3 is 6.03 Å². The third kappa shape index (κ3) is 5.28. The Bertz CT molecular complexity index is 141. The minimum absolute atomic E-state index is 0.589. The Morgan fingerprint density at radius 3 is 2.60 bits per heavy atom. The summed E-state index contributed by atoms with van der Waals surface area (Å²) in [5, 5.41) is 0. The number of aliphatic imine (C=N–C) groups is 1. The van der Waals surface area contributed by atoms with Crippen LogP contribution in [-0.4, -0.2) is 11.7 Å². The minimum atomic E-state index is -0.589. The molecule has 0 unspecified atom stereocenters. The molecule has 0 aliphatic heterocycles. The molecule has 3 heteroatoms. The monoisotopic (exact) mass is 142 g/mol. The molecule has 0 aromatic heterocycles. The first-order valence-corrected chi connectivity index (χ1v) is 3.50. The third-order valence-corrected chi connectivity index (χ3v) is 1.19. The maximum absolute atomic E-state index is 10.2. The highest BCUT2D eigenvalue weighted by Crippen LogP contribution is 1.95. The van der Waals surface area contributed by atoms with Crippen molar-refractivity contribution in [3.8, 4) is 0 Å². The molecule has 0 aromatic rings. The van der Waals surface area contributed by atoms with Crippen molar-refractivity contribution in [2.45, 2.75) is 33.1 Å². The van der Waals surface area contributed by atoms with Gasteiger partial charge in [0.1, 0.15) is 0 Å². The number of nitrogens with zero attached hydrogens (tertiary/aromatic N) is 1. The van der Waals surface area contributed by atoms with Gasteiger partial charge in [0.2, 0.25) is 0 Å². The molecule has 10 heavy (non-hydrogen) atoms. The number of amides is 2. The summed E-state index contributed by atoms with van der Waals surface area (Å²) in [5.74, 6) is 0. The van der Waals surface area contributed by atoms with E-state index in [0.29, 0.717) is 0 Å². The van der Waals surface area contributed by atoms with Crippen LogP contribution in [0.1, 0.15) is 33.1 Å². The van der Waals surface area contributed by atoms with Gasteiger partial charge in [-0.15, -0.1) is 0 Å². The Labute approximate surface area is 61.3 Å². The van der Waals surface area contributed by atoms with Gasteiger partial charge in [-0.25, -0.2) is 9.79 Å². The zero-order chi connectivity index (χ0) is 7.98. The summed E-state index contributed by atoms with van der Waals surface area (Å²) in [4.78, 5) is 13.8. The third-order valence-electron chi connectivity index (χ3n) is 1.19. The van der Waals surface area contributed by atoms with Crippen molar-refractivity contribution in [2.24, 2.45) is 10.7 Å². The molecule has 0 spiro atoms. The number of urea groups is 1. The number of carbonyl (C=O) groups is 1. The molecular weight excluding hydrogens is 128 g/mol. The van der Waals surface area contributed by atoms with Gasteiger partial charge in [0, 0.05) is 5.71 Å². The molecule has 0 fully saturated rings. The van der Waals surface area contributed by atoms with Gasteiger partial charge in [-0.1, -0.05) is 13.3 Å². The summed E-state index contributed by atoms with van der Waals surface area (Å²) in [6, 6.07) is -0.589. The van der Waals surface area contributed by atoms with Crippen LogP contribution >= 0.6 is 0 Å². The lowest BCUT2D eigenvalue weighted by atomic mass is 10.2. The molecule has 0 aliphatic rings. The van der Waals surface area contributed by atoms with Crippen molar-refractivity contribution in [3.63, 3.8) is 0 Å². The lowest BCUT2D eigenvalue weighted by molar-refractivity contribution is 0.256. The predicted octanol–water partition coefficient (Wildman–Crippen LogP) is 1.72. The van der Waals surface area contributed by atoms with Crippen molar-refractivity contribution in [3.05, 3.63) is 0 Å². The first-order valence-electron chi connectivity index (χ1n) is 3.50. The Morgan fingerprint density at radius 2 is 2.20 bits per heavy atom. The van der Waals surface area contributed by atoms with Crippen LogP contribution < -0.4 is 5.73 Å². The zero-order valence-corrected chi connectivity index (χ0v) is 6.55. The second-order valence-electron chi connectivity index (χ2n) is 2.29. The van der Waals surface area contributed by atoms with Crippen molar-refractivity contribution in [2.75, 3.05) is 0 Å². The van der Waals surface area contributed by atoms with Crippen LogP contribution in [0.25, 0.3) is 0 Å². The Hall–Kier alpha value is -0.860. The minimum Gasteiger partial charge on any atom is -0.350 e. The summed E-state index contributed by atoms with van der Waals surface area (Å²) < 4.78 is 0. The van der Waals surface area contributed by atoms with E-state index >= 15 is 0 Å². The van der Waals surface area contributed by atoms with Gasteiger partial charge in [0.25, 0.3) is 0 Å². The highest BCUT2D eigenvalue weighted by molar-refractivity contribution is 5.92. The summed E-state index contributed by atoms with van der Waals surface area (Å²) in [5.41, 5.74) is 5.67. The van der Waals surface area contributed by atoms with Crippen molar-refractivity contribution in [1.82, 2.24) is 0 Å². The molecule has 0 radical (unpaired) electrons. The second-order valence-corrected chi connectivity index (χ2v) is 2.29. The molecule has 0 saturated carbocycles. The molecule has 0 saturated heterocycles. The maximum Gasteiger partial charge on any atom is 0.338 e. The van der Waals surface area contributed by atoms with Gasteiger partial charge in [0.05, 0.1) is 0 Å². The van der Waals surface area contributed by atoms with Crippen LogP contribution in [0.4, 0.5) is 4.79 Å². The van der Waals surface area contributed by atoms with Crippen LogP contribution in [0, 0.1) is 0 Å². The Balaban J connectivity index is 3.60.